The van der Waals surface area contributed by atoms with Gasteiger partial charge in [0.1, 0.15) is 12.4 Å². The van der Waals surface area contributed by atoms with Gasteiger partial charge in [0, 0.05) is 14.1 Å². The summed E-state index contributed by atoms with van der Waals surface area (Å²) in [5, 5.41) is 2.84. The van der Waals surface area contributed by atoms with Crippen LogP contribution in [-0.2, 0) is 9.53 Å². The van der Waals surface area contributed by atoms with Gasteiger partial charge in [0.15, 0.2) is 0 Å². The molecule has 0 bridgehead atoms. The maximum absolute atomic E-state index is 11.9. The third-order valence-corrected chi connectivity index (χ3v) is 3.18. The van der Waals surface area contributed by atoms with Crippen molar-refractivity contribution in [2.45, 2.75) is 33.3 Å². The lowest BCUT2D eigenvalue weighted by Gasteiger charge is -2.14. The number of carbonyl (C=O) groups is 1. The summed E-state index contributed by atoms with van der Waals surface area (Å²) in [4.78, 5) is 18.3. The zero-order valence-corrected chi connectivity index (χ0v) is 13.5. The molecule has 0 aliphatic heterocycles. The van der Waals surface area contributed by atoms with Crippen molar-refractivity contribution in [2.75, 3.05) is 26.0 Å². The third-order valence-electron chi connectivity index (χ3n) is 3.18. The Morgan fingerprint density at radius 2 is 2.05 bits per heavy atom. The predicted molar refractivity (Wildman–Crippen MR) is 87.2 cm³/mol. The normalized spacial score (nSPS) is 12.9. The van der Waals surface area contributed by atoms with Crippen LogP contribution < -0.4 is 5.32 Å². The molecule has 1 atom stereocenters. The van der Waals surface area contributed by atoms with Gasteiger partial charge in [0.25, 0.3) is 0 Å². The van der Waals surface area contributed by atoms with Gasteiger partial charge in [0.05, 0.1) is 17.5 Å². The number of rotatable bonds is 6. The molecule has 0 spiro atoms. The van der Waals surface area contributed by atoms with Gasteiger partial charge in [-0.15, -0.1) is 0 Å². The number of nitrogens with one attached hydrogen (secondary N) is 1. The van der Waals surface area contributed by atoms with Crippen LogP contribution in [0.2, 0.25) is 0 Å². The summed E-state index contributed by atoms with van der Waals surface area (Å²) in [5.41, 5.74) is 1.43. The number of para-hydroxylation sites is 2. The SMILES string of the molecule is CCC(C)OCC(=O)Nc1ccccc1N=C(C)N(C)C. The van der Waals surface area contributed by atoms with Crippen LogP contribution in [0.3, 0.4) is 0 Å². The number of hydrogen-bond donors (Lipinski definition) is 1. The maximum Gasteiger partial charge on any atom is 0.250 e. The molecular formula is C16H25N3O2. The fourth-order valence-corrected chi connectivity index (χ4v) is 1.47. The molecule has 1 N–H and O–H groups in total. The summed E-state index contributed by atoms with van der Waals surface area (Å²) < 4.78 is 5.43. The average Bonchev–Trinajstić information content (AvgIpc) is 2.46. The Hall–Kier alpha value is -1.88. The fourth-order valence-electron chi connectivity index (χ4n) is 1.47. The van der Waals surface area contributed by atoms with E-state index in [0.717, 1.165) is 17.9 Å². The standard InChI is InChI=1S/C16H25N3O2/c1-6-12(2)21-11-16(20)18-15-10-8-7-9-14(15)17-13(3)19(4)5/h7-10,12H,6,11H2,1-5H3,(H,18,20). The van der Waals surface area contributed by atoms with E-state index < -0.39 is 0 Å². The van der Waals surface area contributed by atoms with Crippen LogP contribution in [0.5, 0.6) is 0 Å². The summed E-state index contributed by atoms with van der Waals surface area (Å²) in [6.45, 7) is 5.95. The number of carbonyl (C=O) groups excluding carboxylic acids is 1. The molecule has 0 aromatic heterocycles. The van der Waals surface area contributed by atoms with E-state index in [9.17, 15) is 4.79 Å². The van der Waals surface area contributed by atoms with Gasteiger partial charge in [-0.3, -0.25) is 4.79 Å². The Bertz CT molecular complexity index is 498. The van der Waals surface area contributed by atoms with E-state index in [0.29, 0.717) is 5.69 Å². The highest BCUT2D eigenvalue weighted by Crippen LogP contribution is 2.24. The third kappa shape index (κ3) is 5.95. The average molecular weight is 291 g/mol. The number of aliphatic imine (C=N–C) groups is 1. The first-order valence-electron chi connectivity index (χ1n) is 7.17. The van der Waals surface area contributed by atoms with Crippen molar-refractivity contribution in [2.24, 2.45) is 4.99 Å². The Morgan fingerprint density at radius 1 is 1.38 bits per heavy atom. The molecule has 0 heterocycles. The number of hydrogen-bond acceptors (Lipinski definition) is 3. The highest BCUT2D eigenvalue weighted by Gasteiger charge is 2.08. The van der Waals surface area contributed by atoms with Crippen LogP contribution >= 0.6 is 0 Å². The zero-order chi connectivity index (χ0) is 15.8. The Kier molecular flexibility index (Phi) is 6.88. The van der Waals surface area contributed by atoms with Crippen molar-refractivity contribution >= 4 is 23.1 Å². The van der Waals surface area contributed by atoms with Crippen LogP contribution in [-0.4, -0.2) is 43.4 Å². The number of anilines is 1. The molecular weight excluding hydrogens is 266 g/mol. The van der Waals surface area contributed by atoms with Crippen LogP contribution in [0.25, 0.3) is 0 Å². The summed E-state index contributed by atoms with van der Waals surface area (Å²) in [7, 11) is 3.86. The van der Waals surface area contributed by atoms with Crippen LogP contribution in [0.1, 0.15) is 27.2 Å². The second kappa shape index (κ2) is 8.42. The lowest BCUT2D eigenvalue weighted by Crippen LogP contribution is -2.22. The molecule has 5 nitrogen and oxygen atoms in total. The molecule has 1 amide bonds. The smallest absolute Gasteiger partial charge is 0.250 e. The second-order valence-corrected chi connectivity index (χ2v) is 5.15. The van der Waals surface area contributed by atoms with E-state index in [4.69, 9.17) is 4.74 Å². The van der Waals surface area contributed by atoms with Crippen molar-refractivity contribution in [3.8, 4) is 0 Å². The number of nitrogens with zero attached hydrogens (tertiary/aromatic N) is 2. The molecule has 21 heavy (non-hydrogen) atoms. The fraction of sp³-hybridized carbons (Fsp3) is 0.500. The Labute approximate surface area is 127 Å². The summed E-state index contributed by atoms with van der Waals surface area (Å²) in [6.07, 6.45) is 0.968. The van der Waals surface area contributed by atoms with Crippen molar-refractivity contribution < 1.29 is 9.53 Å². The number of ether oxygens (including phenoxy) is 1. The molecule has 0 radical (unpaired) electrons. The van der Waals surface area contributed by atoms with Gasteiger partial charge < -0.3 is 15.0 Å². The van der Waals surface area contributed by atoms with Crippen molar-refractivity contribution in [1.29, 1.82) is 0 Å². The van der Waals surface area contributed by atoms with E-state index in [2.05, 4.69) is 10.3 Å². The van der Waals surface area contributed by atoms with Gasteiger partial charge >= 0.3 is 0 Å². The van der Waals surface area contributed by atoms with Crippen LogP contribution in [0.15, 0.2) is 29.3 Å². The van der Waals surface area contributed by atoms with Gasteiger partial charge in [-0.05, 0) is 32.4 Å². The number of amidine groups is 1. The van der Waals surface area contributed by atoms with Crippen molar-refractivity contribution in [3.05, 3.63) is 24.3 Å². The molecule has 0 fully saturated rings. The lowest BCUT2D eigenvalue weighted by molar-refractivity contribution is -0.122. The monoisotopic (exact) mass is 291 g/mol. The zero-order valence-electron chi connectivity index (χ0n) is 13.5. The highest BCUT2D eigenvalue weighted by molar-refractivity contribution is 5.95. The quantitative estimate of drug-likeness (QED) is 0.647. The number of benzene rings is 1. The van der Waals surface area contributed by atoms with E-state index >= 15 is 0 Å². The molecule has 1 unspecified atom stereocenters. The largest absolute Gasteiger partial charge is 0.369 e. The molecule has 5 heteroatoms. The van der Waals surface area contributed by atoms with Crippen LogP contribution in [0.4, 0.5) is 11.4 Å². The first-order valence-corrected chi connectivity index (χ1v) is 7.17. The molecule has 0 saturated carbocycles. The molecule has 0 saturated heterocycles. The first-order chi connectivity index (χ1) is 9.93. The van der Waals surface area contributed by atoms with Gasteiger partial charge in [-0.1, -0.05) is 19.1 Å². The highest BCUT2D eigenvalue weighted by atomic mass is 16.5. The second-order valence-electron chi connectivity index (χ2n) is 5.15. The predicted octanol–water partition coefficient (Wildman–Crippen LogP) is 3.05. The van der Waals surface area contributed by atoms with Gasteiger partial charge in [0.2, 0.25) is 5.91 Å². The molecule has 0 aliphatic carbocycles. The van der Waals surface area contributed by atoms with Gasteiger partial charge in [-0.25, -0.2) is 4.99 Å². The lowest BCUT2D eigenvalue weighted by atomic mass is 10.2. The first kappa shape index (κ1) is 17.2. The minimum Gasteiger partial charge on any atom is -0.369 e. The minimum atomic E-state index is -0.166. The summed E-state index contributed by atoms with van der Waals surface area (Å²) in [5.74, 6) is 0.702. The maximum atomic E-state index is 11.9. The molecule has 1 aromatic rings. The Morgan fingerprint density at radius 3 is 2.67 bits per heavy atom. The van der Waals surface area contributed by atoms with E-state index in [-0.39, 0.29) is 18.6 Å². The molecule has 1 rings (SSSR count). The Balaban J connectivity index is 2.75. The van der Waals surface area contributed by atoms with E-state index in [1.54, 1.807) is 0 Å². The van der Waals surface area contributed by atoms with Gasteiger partial charge in [-0.2, -0.15) is 0 Å². The summed E-state index contributed by atoms with van der Waals surface area (Å²) in [6, 6.07) is 7.48. The van der Waals surface area contributed by atoms with Crippen molar-refractivity contribution in [1.82, 2.24) is 4.90 Å². The molecule has 1 aromatic carbocycles. The topological polar surface area (TPSA) is 53.9 Å². The summed E-state index contributed by atoms with van der Waals surface area (Å²) >= 11 is 0. The minimum absolute atomic E-state index is 0.0553. The van der Waals surface area contributed by atoms with Crippen LogP contribution in [0, 0.1) is 0 Å². The van der Waals surface area contributed by atoms with E-state index in [1.807, 2.05) is 64.0 Å². The van der Waals surface area contributed by atoms with Crippen molar-refractivity contribution in [3.63, 3.8) is 0 Å². The van der Waals surface area contributed by atoms with E-state index in [1.165, 1.54) is 0 Å². The number of amides is 1. The molecule has 116 valence electrons. The molecule has 0 aliphatic rings.